The van der Waals surface area contributed by atoms with Crippen LogP contribution in [0.2, 0.25) is 0 Å². The molecule has 1 amide bonds. The summed E-state index contributed by atoms with van der Waals surface area (Å²) in [6.45, 7) is 2.15. The quantitative estimate of drug-likeness (QED) is 0.713. The molecule has 2 atom stereocenters. The summed E-state index contributed by atoms with van der Waals surface area (Å²) in [6.07, 6.45) is 6.94. The number of carbonyl (C=O) groups is 1. The fourth-order valence-electron chi connectivity index (χ4n) is 2.45. The Hall–Kier alpha value is -1.06. The second-order valence-corrected chi connectivity index (χ2v) is 4.75. The second kappa shape index (κ2) is 4.85. The van der Waals surface area contributed by atoms with Gasteiger partial charge >= 0.3 is 5.90 Å². The van der Waals surface area contributed by atoms with Crippen LogP contribution in [0.5, 0.6) is 0 Å². The van der Waals surface area contributed by atoms with Gasteiger partial charge in [0.25, 0.3) is 6.04 Å². The van der Waals surface area contributed by atoms with Gasteiger partial charge < -0.3 is 5.11 Å². The molecule has 2 unspecified atom stereocenters. The zero-order valence-electron chi connectivity index (χ0n) is 9.91. The summed E-state index contributed by atoms with van der Waals surface area (Å²) in [7, 11) is 0. The zero-order valence-corrected chi connectivity index (χ0v) is 9.91. The third-order valence-electron chi connectivity index (χ3n) is 3.46. The van der Waals surface area contributed by atoms with Crippen molar-refractivity contribution in [2.45, 2.75) is 64.1 Å². The minimum Gasteiger partial charge on any atom is -0.458 e. The van der Waals surface area contributed by atoms with Gasteiger partial charge in [-0.05, 0) is 19.3 Å². The number of rotatable bonds is 4. The molecule has 0 aliphatic carbocycles. The number of hydrogen-bond acceptors (Lipinski definition) is 1. The highest BCUT2D eigenvalue weighted by atomic mass is 16.3. The number of carbonyl (C=O) groups excluding carboxylic acids is 1. The predicted molar refractivity (Wildman–Crippen MR) is 61.6 cm³/mol. The van der Waals surface area contributed by atoms with Crippen molar-refractivity contribution in [2.75, 3.05) is 0 Å². The van der Waals surface area contributed by atoms with Crippen molar-refractivity contribution in [3.05, 3.63) is 0 Å². The molecule has 4 heteroatoms. The first-order chi connectivity index (χ1) is 7.74. The molecule has 0 aromatic heterocycles. The van der Waals surface area contributed by atoms with Crippen LogP contribution in [-0.2, 0) is 4.79 Å². The van der Waals surface area contributed by atoms with E-state index in [-0.39, 0.29) is 18.1 Å². The van der Waals surface area contributed by atoms with E-state index in [1.54, 1.807) is 0 Å². The largest absolute Gasteiger partial charge is 0.458 e. The second-order valence-electron chi connectivity index (χ2n) is 4.75. The SMILES string of the molecule is CCCCC1C(O)=[N+]1C1CCCCC(=O)N1. The van der Waals surface area contributed by atoms with Crippen LogP contribution in [0.15, 0.2) is 0 Å². The van der Waals surface area contributed by atoms with Crippen LogP contribution in [0, 0.1) is 0 Å². The summed E-state index contributed by atoms with van der Waals surface area (Å²) in [6, 6.07) is 0.198. The van der Waals surface area contributed by atoms with Crippen LogP contribution < -0.4 is 5.32 Å². The Labute approximate surface area is 96.4 Å². The fourth-order valence-corrected chi connectivity index (χ4v) is 2.45. The minimum absolute atomic E-state index is 0.0388. The van der Waals surface area contributed by atoms with E-state index < -0.39 is 0 Å². The Morgan fingerprint density at radius 3 is 3.06 bits per heavy atom. The molecule has 4 nitrogen and oxygen atoms in total. The Kier molecular flexibility index (Phi) is 3.46. The van der Waals surface area contributed by atoms with Gasteiger partial charge in [-0.1, -0.05) is 13.3 Å². The van der Waals surface area contributed by atoms with Gasteiger partial charge in [-0.3, -0.25) is 10.1 Å². The lowest BCUT2D eigenvalue weighted by Gasteiger charge is -2.07. The molecule has 0 saturated carbocycles. The molecule has 0 aromatic carbocycles. The summed E-state index contributed by atoms with van der Waals surface area (Å²) in [5.41, 5.74) is 0. The number of nitrogens with one attached hydrogen (secondary N) is 1. The predicted octanol–water partition coefficient (Wildman–Crippen LogP) is 1.54. The molecule has 2 aliphatic rings. The number of aliphatic hydroxyl groups is 1. The van der Waals surface area contributed by atoms with Crippen LogP contribution >= 0.6 is 0 Å². The lowest BCUT2D eigenvalue weighted by Crippen LogP contribution is -2.38. The van der Waals surface area contributed by atoms with E-state index in [1.807, 2.05) is 4.58 Å². The Bertz CT molecular complexity index is 312. The number of amides is 1. The van der Waals surface area contributed by atoms with Gasteiger partial charge in [-0.15, -0.1) is 0 Å². The first kappa shape index (κ1) is 11.4. The van der Waals surface area contributed by atoms with Gasteiger partial charge in [-0.2, -0.15) is 4.58 Å². The van der Waals surface area contributed by atoms with E-state index in [2.05, 4.69) is 12.2 Å². The minimum atomic E-state index is 0.0388. The van der Waals surface area contributed by atoms with Crippen molar-refractivity contribution in [3.63, 3.8) is 0 Å². The van der Waals surface area contributed by atoms with E-state index >= 15 is 0 Å². The first-order valence-electron chi connectivity index (χ1n) is 6.37. The maximum absolute atomic E-state index is 11.4. The summed E-state index contributed by atoms with van der Waals surface area (Å²) in [5, 5.41) is 12.7. The molecule has 0 spiro atoms. The monoisotopic (exact) mass is 225 g/mol. The zero-order chi connectivity index (χ0) is 11.5. The number of hydrogen-bond donors (Lipinski definition) is 2. The van der Waals surface area contributed by atoms with Crippen molar-refractivity contribution >= 4 is 11.8 Å². The van der Waals surface area contributed by atoms with E-state index in [0.29, 0.717) is 12.3 Å². The standard InChI is InChI=1S/C12H20N2O2/c1-2-3-6-9-12(16)14(9)10-7-4-5-8-11(15)13-10/h9-10H,2-8H2,1H3,(H,13,15)/p+1. The summed E-state index contributed by atoms with van der Waals surface area (Å²) < 4.78 is 1.97. The molecule has 2 aliphatic heterocycles. The molecule has 90 valence electrons. The Morgan fingerprint density at radius 2 is 2.31 bits per heavy atom. The molecule has 2 rings (SSSR count). The van der Waals surface area contributed by atoms with Crippen molar-refractivity contribution in [3.8, 4) is 0 Å². The maximum atomic E-state index is 11.4. The highest BCUT2D eigenvalue weighted by Gasteiger charge is 2.53. The van der Waals surface area contributed by atoms with Crippen molar-refractivity contribution in [1.82, 2.24) is 5.32 Å². The molecular formula is C12H21N2O2+. The first-order valence-corrected chi connectivity index (χ1v) is 6.37. The molecule has 2 heterocycles. The third kappa shape index (κ3) is 2.36. The van der Waals surface area contributed by atoms with Crippen LogP contribution in [0.4, 0.5) is 0 Å². The summed E-state index contributed by atoms with van der Waals surface area (Å²) >= 11 is 0. The maximum Gasteiger partial charge on any atom is 0.407 e. The summed E-state index contributed by atoms with van der Waals surface area (Å²) in [4.78, 5) is 11.4. The van der Waals surface area contributed by atoms with Gasteiger partial charge in [0.1, 0.15) is 0 Å². The van der Waals surface area contributed by atoms with Crippen LogP contribution in [0.25, 0.3) is 0 Å². The van der Waals surface area contributed by atoms with E-state index in [0.717, 1.165) is 38.5 Å². The van der Waals surface area contributed by atoms with Crippen LogP contribution in [0.1, 0.15) is 51.9 Å². The number of unbranched alkanes of at least 4 members (excludes halogenated alkanes) is 1. The van der Waals surface area contributed by atoms with E-state index in [1.165, 1.54) is 0 Å². The van der Waals surface area contributed by atoms with Gasteiger partial charge in [0.05, 0.1) is 0 Å². The number of nitrogens with zero attached hydrogens (tertiary/aromatic N) is 1. The van der Waals surface area contributed by atoms with Crippen LogP contribution in [0.3, 0.4) is 0 Å². The molecular weight excluding hydrogens is 204 g/mol. The van der Waals surface area contributed by atoms with E-state index in [9.17, 15) is 9.90 Å². The van der Waals surface area contributed by atoms with Gasteiger partial charge in [0.2, 0.25) is 12.1 Å². The van der Waals surface area contributed by atoms with Gasteiger partial charge in [-0.25, -0.2) is 0 Å². The molecule has 16 heavy (non-hydrogen) atoms. The van der Waals surface area contributed by atoms with Crippen LogP contribution in [-0.4, -0.2) is 33.7 Å². The smallest absolute Gasteiger partial charge is 0.407 e. The average molecular weight is 225 g/mol. The van der Waals surface area contributed by atoms with Crippen molar-refractivity contribution in [2.24, 2.45) is 0 Å². The molecule has 0 aromatic rings. The Balaban J connectivity index is 1.89. The molecule has 1 fully saturated rings. The molecule has 2 N–H and O–H groups in total. The summed E-state index contributed by atoms with van der Waals surface area (Å²) in [5.74, 6) is 0.595. The lowest BCUT2D eigenvalue weighted by molar-refractivity contribution is -0.521. The Morgan fingerprint density at radius 1 is 1.50 bits per heavy atom. The van der Waals surface area contributed by atoms with Gasteiger partial charge in [0, 0.05) is 19.3 Å². The fraction of sp³-hybridized carbons (Fsp3) is 0.833. The highest BCUT2D eigenvalue weighted by molar-refractivity contribution is 5.82. The van der Waals surface area contributed by atoms with E-state index in [4.69, 9.17) is 0 Å². The molecule has 0 bridgehead atoms. The van der Waals surface area contributed by atoms with Crippen molar-refractivity contribution < 1.29 is 14.5 Å². The normalized spacial score (nSPS) is 29.9. The number of aliphatic hydroxyl groups excluding tert-OH is 1. The molecule has 0 radical (unpaired) electrons. The highest BCUT2D eigenvalue weighted by Crippen LogP contribution is 2.23. The third-order valence-corrected chi connectivity index (χ3v) is 3.46. The topological polar surface area (TPSA) is 52.3 Å². The average Bonchev–Trinajstić information content (AvgIpc) is 2.94. The van der Waals surface area contributed by atoms with Gasteiger partial charge in [0.15, 0.2) is 0 Å². The lowest BCUT2D eigenvalue weighted by atomic mass is 10.2. The molecule has 1 saturated heterocycles. The van der Waals surface area contributed by atoms with Crippen molar-refractivity contribution in [1.29, 1.82) is 0 Å².